The van der Waals surface area contributed by atoms with Gasteiger partial charge in [-0.1, -0.05) is 6.07 Å². The standard InChI is InChI=1S/C15H19NO5/c1-3-21-13-8-10(4-7-12(13)18)14(15(19)20)16(9(2)17)11-5-6-11/h4,7-8,11,14,18H,3,5-6H2,1-2H3,(H,19,20). The number of aromatic hydroxyl groups is 1. The molecule has 6 heteroatoms. The third kappa shape index (κ3) is 3.26. The van der Waals surface area contributed by atoms with Crippen LogP contribution in [0.4, 0.5) is 0 Å². The second kappa shape index (κ2) is 6.03. The zero-order chi connectivity index (χ0) is 15.6. The fourth-order valence-electron chi connectivity index (χ4n) is 2.40. The molecule has 0 radical (unpaired) electrons. The quantitative estimate of drug-likeness (QED) is 0.836. The number of carboxylic acid groups (broad SMARTS) is 1. The number of carbonyl (C=O) groups is 2. The fraction of sp³-hybridized carbons (Fsp3) is 0.467. The molecule has 0 aromatic heterocycles. The minimum absolute atomic E-state index is 0.0204. The van der Waals surface area contributed by atoms with Crippen LogP contribution in [-0.4, -0.2) is 39.6 Å². The van der Waals surface area contributed by atoms with Crippen molar-refractivity contribution in [2.75, 3.05) is 6.61 Å². The van der Waals surface area contributed by atoms with Crippen molar-refractivity contribution in [3.63, 3.8) is 0 Å². The molecule has 1 saturated carbocycles. The van der Waals surface area contributed by atoms with E-state index in [-0.39, 0.29) is 23.4 Å². The first-order valence-electron chi connectivity index (χ1n) is 6.93. The molecule has 1 aromatic carbocycles. The van der Waals surface area contributed by atoms with Crippen molar-refractivity contribution in [2.45, 2.75) is 38.8 Å². The van der Waals surface area contributed by atoms with Gasteiger partial charge in [0.25, 0.3) is 0 Å². The van der Waals surface area contributed by atoms with E-state index in [1.165, 1.54) is 30.0 Å². The first-order valence-corrected chi connectivity index (χ1v) is 6.93. The van der Waals surface area contributed by atoms with E-state index in [4.69, 9.17) is 4.74 Å². The Kier molecular flexibility index (Phi) is 4.35. The lowest BCUT2D eigenvalue weighted by Crippen LogP contribution is -2.39. The molecule has 6 nitrogen and oxygen atoms in total. The van der Waals surface area contributed by atoms with Gasteiger partial charge in [-0.15, -0.1) is 0 Å². The summed E-state index contributed by atoms with van der Waals surface area (Å²) in [6.45, 7) is 3.50. The molecule has 21 heavy (non-hydrogen) atoms. The maximum absolute atomic E-state index is 11.8. The Morgan fingerprint density at radius 3 is 2.57 bits per heavy atom. The predicted molar refractivity (Wildman–Crippen MR) is 75.2 cm³/mol. The largest absolute Gasteiger partial charge is 0.504 e. The molecule has 1 aromatic rings. The number of hydrogen-bond acceptors (Lipinski definition) is 4. The Morgan fingerprint density at radius 1 is 1.43 bits per heavy atom. The van der Waals surface area contributed by atoms with Crippen LogP contribution in [0.15, 0.2) is 18.2 Å². The van der Waals surface area contributed by atoms with Crippen LogP contribution in [0, 0.1) is 0 Å². The van der Waals surface area contributed by atoms with E-state index in [2.05, 4.69) is 0 Å². The minimum Gasteiger partial charge on any atom is -0.504 e. The topological polar surface area (TPSA) is 87.1 Å². The van der Waals surface area contributed by atoms with Gasteiger partial charge < -0.3 is 19.8 Å². The Bertz CT molecular complexity index is 553. The van der Waals surface area contributed by atoms with Crippen LogP contribution in [0.3, 0.4) is 0 Å². The highest BCUT2D eigenvalue weighted by atomic mass is 16.5. The number of ether oxygens (including phenoxy) is 1. The van der Waals surface area contributed by atoms with Gasteiger partial charge in [-0.3, -0.25) is 4.79 Å². The van der Waals surface area contributed by atoms with Gasteiger partial charge >= 0.3 is 5.97 Å². The summed E-state index contributed by atoms with van der Waals surface area (Å²) in [5, 5.41) is 19.2. The molecule has 0 saturated heterocycles. The Hall–Kier alpha value is -2.24. The van der Waals surface area contributed by atoms with Crippen molar-refractivity contribution in [3.8, 4) is 11.5 Å². The van der Waals surface area contributed by atoms with Gasteiger partial charge in [-0.2, -0.15) is 0 Å². The number of benzene rings is 1. The van der Waals surface area contributed by atoms with E-state index in [9.17, 15) is 19.8 Å². The van der Waals surface area contributed by atoms with Crippen molar-refractivity contribution in [2.24, 2.45) is 0 Å². The first kappa shape index (κ1) is 15.2. The summed E-state index contributed by atoms with van der Waals surface area (Å²) in [5.41, 5.74) is 0.422. The van der Waals surface area contributed by atoms with Gasteiger partial charge in [0.15, 0.2) is 17.5 Å². The fourth-order valence-corrected chi connectivity index (χ4v) is 2.40. The van der Waals surface area contributed by atoms with E-state index < -0.39 is 12.0 Å². The second-order valence-electron chi connectivity index (χ2n) is 5.06. The van der Waals surface area contributed by atoms with E-state index >= 15 is 0 Å². The first-order chi connectivity index (χ1) is 9.95. The molecule has 2 N–H and O–H groups in total. The molecule has 114 valence electrons. The summed E-state index contributed by atoms with van der Waals surface area (Å²) in [7, 11) is 0. The molecular weight excluding hydrogens is 274 g/mol. The van der Waals surface area contributed by atoms with Crippen LogP contribution < -0.4 is 4.74 Å². The third-order valence-electron chi connectivity index (χ3n) is 3.42. The minimum atomic E-state index is -1.09. The van der Waals surface area contributed by atoms with Crippen LogP contribution in [-0.2, 0) is 9.59 Å². The lowest BCUT2D eigenvalue weighted by molar-refractivity contribution is -0.150. The number of phenols is 1. The summed E-state index contributed by atoms with van der Waals surface area (Å²) in [6, 6.07) is 3.30. The van der Waals surface area contributed by atoms with Crippen molar-refractivity contribution < 1.29 is 24.5 Å². The zero-order valence-corrected chi connectivity index (χ0v) is 12.1. The van der Waals surface area contributed by atoms with Crippen molar-refractivity contribution in [1.82, 2.24) is 4.90 Å². The lowest BCUT2D eigenvalue weighted by Gasteiger charge is -2.28. The predicted octanol–water partition coefficient (Wildman–Crippen LogP) is 1.93. The van der Waals surface area contributed by atoms with Gasteiger partial charge in [0.05, 0.1) is 6.61 Å². The van der Waals surface area contributed by atoms with Crippen molar-refractivity contribution in [1.29, 1.82) is 0 Å². The average Bonchev–Trinajstić information content (AvgIpc) is 3.22. The molecule has 1 aliphatic carbocycles. The van der Waals surface area contributed by atoms with E-state index in [0.717, 1.165) is 12.8 Å². The smallest absolute Gasteiger partial charge is 0.331 e. The van der Waals surface area contributed by atoms with Crippen LogP contribution in [0.1, 0.15) is 38.3 Å². The summed E-state index contributed by atoms with van der Waals surface area (Å²) >= 11 is 0. The number of phenolic OH excluding ortho intramolecular Hbond substituents is 1. The lowest BCUT2D eigenvalue weighted by atomic mass is 10.0. The molecule has 0 aliphatic heterocycles. The summed E-state index contributed by atoms with van der Waals surface area (Å²) in [4.78, 5) is 24.8. The highest BCUT2D eigenvalue weighted by Crippen LogP contribution is 2.37. The highest BCUT2D eigenvalue weighted by molar-refractivity contribution is 5.84. The van der Waals surface area contributed by atoms with Gasteiger partial charge in [-0.25, -0.2) is 4.79 Å². The summed E-state index contributed by atoms with van der Waals surface area (Å²) in [6.07, 6.45) is 1.64. The highest BCUT2D eigenvalue weighted by Gasteiger charge is 2.40. The number of amides is 1. The molecule has 0 bridgehead atoms. The summed E-state index contributed by atoms with van der Waals surface area (Å²) in [5.74, 6) is -1.19. The van der Waals surface area contributed by atoms with Gasteiger partial charge in [0.1, 0.15) is 0 Å². The normalized spacial score (nSPS) is 15.3. The molecule has 0 heterocycles. The number of carboxylic acids is 1. The van der Waals surface area contributed by atoms with Crippen molar-refractivity contribution in [3.05, 3.63) is 23.8 Å². The Labute approximate surface area is 122 Å². The van der Waals surface area contributed by atoms with Crippen LogP contribution in [0.5, 0.6) is 11.5 Å². The van der Waals surface area contributed by atoms with E-state index in [0.29, 0.717) is 12.2 Å². The maximum atomic E-state index is 11.8. The van der Waals surface area contributed by atoms with Gasteiger partial charge in [-0.05, 0) is 37.5 Å². The van der Waals surface area contributed by atoms with E-state index in [1.54, 1.807) is 6.92 Å². The number of carbonyl (C=O) groups excluding carboxylic acids is 1. The van der Waals surface area contributed by atoms with Crippen LogP contribution in [0.25, 0.3) is 0 Å². The number of rotatable bonds is 6. The molecular formula is C15H19NO5. The number of nitrogens with zero attached hydrogens (tertiary/aromatic N) is 1. The maximum Gasteiger partial charge on any atom is 0.331 e. The monoisotopic (exact) mass is 293 g/mol. The van der Waals surface area contributed by atoms with Crippen LogP contribution in [0.2, 0.25) is 0 Å². The van der Waals surface area contributed by atoms with Crippen molar-refractivity contribution >= 4 is 11.9 Å². The third-order valence-corrected chi connectivity index (χ3v) is 3.42. The van der Waals surface area contributed by atoms with Gasteiger partial charge in [0.2, 0.25) is 5.91 Å². The molecule has 0 spiro atoms. The molecule has 1 atom stereocenters. The molecule has 1 fully saturated rings. The van der Waals surface area contributed by atoms with Gasteiger partial charge in [0, 0.05) is 13.0 Å². The number of aliphatic carboxylic acids is 1. The Balaban J connectivity index is 2.40. The van der Waals surface area contributed by atoms with E-state index in [1.807, 2.05) is 0 Å². The average molecular weight is 293 g/mol. The molecule has 2 rings (SSSR count). The summed E-state index contributed by atoms with van der Waals surface area (Å²) < 4.78 is 5.28. The molecule has 1 amide bonds. The molecule has 1 aliphatic rings. The zero-order valence-electron chi connectivity index (χ0n) is 12.1. The molecule has 1 unspecified atom stereocenters. The Morgan fingerprint density at radius 2 is 2.10 bits per heavy atom. The van der Waals surface area contributed by atoms with Crippen LogP contribution >= 0.6 is 0 Å². The SMILES string of the molecule is CCOc1cc(C(C(=O)O)N(C(C)=O)C2CC2)ccc1O. The number of hydrogen-bond donors (Lipinski definition) is 2. The second-order valence-corrected chi connectivity index (χ2v) is 5.06.